The molecule has 2 rings (SSSR count). The number of hydrogen-bond donors (Lipinski definition) is 1. The Labute approximate surface area is 161 Å². The summed E-state index contributed by atoms with van der Waals surface area (Å²) in [7, 11) is -2.22. The fraction of sp³-hybridized carbons (Fsp3) is 0.286. The van der Waals surface area contributed by atoms with Crippen LogP contribution in [0, 0.1) is 12.3 Å². The maximum atomic E-state index is 12.8. The Bertz CT molecular complexity index is 926. The molecule has 2 aromatic rings. The van der Waals surface area contributed by atoms with Gasteiger partial charge in [-0.05, 0) is 49.2 Å². The first kappa shape index (κ1) is 20.5. The average molecular weight is 385 g/mol. The standard InChI is InChI=1S/C21H24N2O3S/c1-5-21(6-2,7-3)22-20(24)17-13-15-19(16-14-17)27(25,26)23(4)18-11-9-8-10-12-18/h1,8-16H,6-7H2,2-4H3,(H,22,24). The molecule has 1 amide bonds. The van der Waals surface area contributed by atoms with E-state index in [2.05, 4.69) is 11.2 Å². The van der Waals surface area contributed by atoms with Gasteiger partial charge in [0.05, 0.1) is 10.6 Å². The minimum atomic E-state index is -3.71. The van der Waals surface area contributed by atoms with E-state index in [9.17, 15) is 13.2 Å². The molecule has 0 unspecified atom stereocenters. The van der Waals surface area contributed by atoms with Crippen LogP contribution >= 0.6 is 0 Å². The van der Waals surface area contributed by atoms with Crippen LogP contribution in [0.3, 0.4) is 0 Å². The van der Waals surface area contributed by atoms with Gasteiger partial charge in [-0.1, -0.05) is 38.0 Å². The van der Waals surface area contributed by atoms with E-state index >= 15 is 0 Å². The molecule has 2 aromatic carbocycles. The molecule has 0 heterocycles. The van der Waals surface area contributed by atoms with E-state index in [1.54, 1.807) is 24.3 Å². The molecule has 1 N–H and O–H groups in total. The highest BCUT2D eigenvalue weighted by molar-refractivity contribution is 7.92. The Kier molecular flexibility index (Phi) is 6.29. The Morgan fingerprint density at radius 3 is 2.11 bits per heavy atom. The second-order valence-electron chi connectivity index (χ2n) is 6.22. The molecule has 0 fully saturated rings. The summed E-state index contributed by atoms with van der Waals surface area (Å²) in [5, 5.41) is 2.87. The maximum Gasteiger partial charge on any atom is 0.264 e. The normalized spacial score (nSPS) is 11.5. The molecule has 0 saturated heterocycles. The molecule has 0 aliphatic heterocycles. The summed E-state index contributed by atoms with van der Waals surface area (Å²) >= 11 is 0. The van der Waals surface area contributed by atoms with Gasteiger partial charge in [-0.2, -0.15) is 0 Å². The van der Waals surface area contributed by atoms with Crippen molar-refractivity contribution in [2.45, 2.75) is 37.1 Å². The molecule has 6 heteroatoms. The SMILES string of the molecule is C#CC(CC)(CC)NC(=O)c1ccc(S(=O)(=O)N(C)c2ccccc2)cc1. The Morgan fingerprint density at radius 2 is 1.63 bits per heavy atom. The average Bonchev–Trinajstić information content (AvgIpc) is 2.72. The van der Waals surface area contributed by atoms with E-state index in [1.165, 1.54) is 35.6 Å². The van der Waals surface area contributed by atoms with Gasteiger partial charge in [0.2, 0.25) is 0 Å². The highest BCUT2D eigenvalue weighted by Crippen LogP contribution is 2.22. The fourth-order valence-electron chi connectivity index (χ4n) is 2.67. The molecular weight excluding hydrogens is 360 g/mol. The zero-order chi connectivity index (χ0) is 20.1. The predicted octanol–water partition coefficient (Wildman–Crippen LogP) is 3.43. The van der Waals surface area contributed by atoms with Crippen LogP contribution in [0.4, 0.5) is 5.69 Å². The van der Waals surface area contributed by atoms with Gasteiger partial charge in [-0.15, -0.1) is 6.42 Å². The van der Waals surface area contributed by atoms with Crippen LogP contribution in [0.1, 0.15) is 37.0 Å². The number of nitrogens with one attached hydrogen (secondary N) is 1. The molecule has 0 spiro atoms. The molecule has 27 heavy (non-hydrogen) atoms. The molecule has 0 aliphatic carbocycles. The summed E-state index contributed by atoms with van der Waals surface area (Å²) in [6.45, 7) is 3.83. The number of sulfonamides is 1. The Balaban J connectivity index is 2.24. The second kappa shape index (κ2) is 8.28. The lowest BCUT2D eigenvalue weighted by Crippen LogP contribution is -2.46. The number of terminal acetylenes is 1. The third-order valence-corrected chi connectivity index (χ3v) is 6.53. The molecule has 5 nitrogen and oxygen atoms in total. The fourth-order valence-corrected chi connectivity index (χ4v) is 3.87. The maximum absolute atomic E-state index is 12.8. The van der Waals surface area contributed by atoms with Gasteiger partial charge in [-0.3, -0.25) is 9.10 Å². The first-order chi connectivity index (χ1) is 12.8. The number of hydrogen-bond acceptors (Lipinski definition) is 3. The molecule has 0 bridgehead atoms. The smallest absolute Gasteiger partial charge is 0.264 e. The summed E-state index contributed by atoms with van der Waals surface area (Å²) in [6, 6.07) is 14.6. The lowest BCUT2D eigenvalue weighted by Gasteiger charge is -2.27. The van der Waals surface area contributed by atoms with Crippen LogP contribution in [0.25, 0.3) is 0 Å². The number of para-hydroxylation sites is 1. The van der Waals surface area contributed by atoms with Crippen molar-refractivity contribution in [2.24, 2.45) is 0 Å². The summed E-state index contributed by atoms with van der Waals surface area (Å²) in [4.78, 5) is 12.6. The summed E-state index contributed by atoms with van der Waals surface area (Å²) < 4.78 is 26.8. The number of anilines is 1. The van der Waals surface area contributed by atoms with Crippen LogP contribution in [-0.4, -0.2) is 26.9 Å². The van der Waals surface area contributed by atoms with Gasteiger partial charge in [-0.25, -0.2) is 8.42 Å². The van der Waals surface area contributed by atoms with Gasteiger partial charge < -0.3 is 5.32 Å². The van der Waals surface area contributed by atoms with E-state index < -0.39 is 15.6 Å². The molecule has 0 radical (unpaired) electrons. The lowest BCUT2D eigenvalue weighted by atomic mass is 9.93. The second-order valence-corrected chi connectivity index (χ2v) is 8.19. The van der Waals surface area contributed by atoms with Crippen LogP contribution in [0.15, 0.2) is 59.5 Å². The zero-order valence-electron chi connectivity index (χ0n) is 15.8. The van der Waals surface area contributed by atoms with Crippen molar-refractivity contribution in [1.82, 2.24) is 5.32 Å². The Hall–Kier alpha value is -2.78. The number of nitrogens with zero attached hydrogens (tertiary/aromatic N) is 1. The third kappa shape index (κ3) is 4.32. The topological polar surface area (TPSA) is 66.5 Å². The van der Waals surface area contributed by atoms with Gasteiger partial charge in [0.15, 0.2) is 0 Å². The van der Waals surface area contributed by atoms with E-state index in [-0.39, 0.29) is 10.8 Å². The van der Waals surface area contributed by atoms with Gasteiger partial charge in [0, 0.05) is 12.6 Å². The van der Waals surface area contributed by atoms with Crippen molar-refractivity contribution in [1.29, 1.82) is 0 Å². The van der Waals surface area contributed by atoms with Crippen LogP contribution in [0.2, 0.25) is 0 Å². The summed E-state index contributed by atoms with van der Waals surface area (Å²) in [5.74, 6) is 2.33. The van der Waals surface area contributed by atoms with E-state index in [1.807, 2.05) is 19.9 Å². The first-order valence-electron chi connectivity index (χ1n) is 8.74. The highest BCUT2D eigenvalue weighted by atomic mass is 32.2. The van der Waals surface area contributed by atoms with E-state index in [0.717, 1.165) is 0 Å². The number of carbonyl (C=O) groups excluding carboxylic acids is 1. The summed E-state index contributed by atoms with van der Waals surface area (Å²) in [6.07, 6.45) is 6.80. The molecule has 0 aromatic heterocycles. The van der Waals surface area contributed by atoms with Gasteiger partial charge in [0.25, 0.3) is 15.9 Å². The molecule has 142 valence electrons. The highest BCUT2D eigenvalue weighted by Gasteiger charge is 2.26. The molecule has 0 atom stereocenters. The summed E-state index contributed by atoms with van der Waals surface area (Å²) in [5.41, 5.74) is 0.219. The van der Waals surface area contributed by atoms with Crippen LogP contribution < -0.4 is 9.62 Å². The van der Waals surface area contributed by atoms with Gasteiger partial charge >= 0.3 is 0 Å². The van der Waals surface area contributed by atoms with Crippen LogP contribution in [0.5, 0.6) is 0 Å². The predicted molar refractivity (Wildman–Crippen MR) is 108 cm³/mol. The minimum Gasteiger partial charge on any atom is -0.336 e. The van der Waals surface area contributed by atoms with Crippen molar-refractivity contribution in [2.75, 3.05) is 11.4 Å². The number of rotatable bonds is 7. The van der Waals surface area contributed by atoms with Crippen molar-refractivity contribution in [3.05, 3.63) is 60.2 Å². The van der Waals surface area contributed by atoms with E-state index in [4.69, 9.17) is 6.42 Å². The monoisotopic (exact) mass is 384 g/mol. The van der Waals surface area contributed by atoms with Crippen molar-refractivity contribution >= 4 is 21.6 Å². The third-order valence-electron chi connectivity index (χ3n) is 4.73. The van der Waals surface area contributed by atoms with Crippen LogP contribution in [-0.2, 0) is 10.0 Å². The largest absolute Gasteiger partial charge is 0.336 e. The quantitative estimate of drug-likeness (QED) is 0.744. The number of carbonyl (C=O) groups is 1. The number of amides is 1. The molecular formula is C21H24N2O3S. The van der Waals surface area contributed by atoms with Crippen molar-refractivity contribution in [3.63, 3.8) is 0 Å². The van der Waals surface area contributed by atoms with E-state index in [0.29, 0.717) is 24.1 Å². The van der Waals surface area contributed by atoms with Gasteiger partial charge in [0.1, 0.15) is 5.54 Å². The molecule has 0 saturated carbocycles. The van der Waals surface area contributed by atoms with Crippen molar-refractivity contribution < 1.29 is 13.2 Å². The Morgan fingerprint density at radius 1 is 1.07 bits per heavy atom. The minimum absolute atomic E-state index is 0.111. The zero-order valence-corrected chi connectivity index (χ0v) is 16.6. The first-order valence-corrected chi connectivity index (χ1v) is 10.2. The van der Waals surface area contributed by atoms with Crippen molar-refractivity contribution in [3.8, 4) is 12.3 Å². The molecule has 0 aliphatic rings. The number of benzene rings is 2. The lowest BCUT2D eigenvalue weighted by molar-refractivity contribution is 0.0916.